The molecule has 0 bridgehead atoms. The molecule has 0 aliphatic rings. The van der Waals surface area contributed by atoms with E-state index < -0.39 is 10.0 Å². The van der Waals surface area contributed by atoms with E-state index in [9.17, 15) is 8.42 Å². The Morgan fingerprint density at radius 1 is 0.947 bits per heavy atom. The van der Waals surface area contributed by atoms with Crippen molar-refractivity contribution in [2.75, 3.05) is 0 Å². The van der Waals surface area contributed by atoms with Crippen molar-refractivity contribution in [3.8, 4) is 17.6 Å². The molecule has 0 aliphatic carbocycles. The average molecular weight is 274 g/mol. The zero-order valence-electron chi connectivity index (χ0n) is 9.78. The van der Waals surface area contributed by atoms with Crippen molar-refractivity contribution in [1.29, 1.82) is 5.26 Å². The molecule has 96 valence electrons. The van der Waals surface area contributed by atoms with E-state index in [2.05, 4.69) is 0 Å². The molecular formula is C13H10N2O3S. The van der Waals surface area contributed by atoms with Gasteiger partial charge in [0, 0.05) is 0 Å². The Bertz CT molecular complexity index is 714. The van der Waals surface area contributed by atoms with Gasteiger partial charge >= 0.3 is 0 Å². The first-order valence-electron chi connectivity index (χ1n) is 5.30. The molecule has 0 unspecified atom stereocenters. The van der Waals surface area contributed by atoms with E-state index in [0.29, 0.717) is 17.1 Å². The molecule has 0 aliphatic heterocycles. The standard InChI is InChI=1S/C13H10N2O3S/c14-9-10-1-3-11(4-2-10)18-12-5-7-13(8-6-12)19(15,16)17/h1-8H,(H2,15,16,17). The van der Waals surface area contributed by atoms with Gasteiger partial charge in [-0.25, -0.2) is 13.6 Å². The van der Waals surface area contributed by atoms with Crippen molar-refractivity contribution >= 4 is 10.0 Å². The van der Waals surface area contributed by atoms with Crippen molar-refractivity contribution < 1.29 is 13.2 Å². The van der Waals surface area contributed by atoms with Crippen LogP contribution in [0.1, 0.15) is 5.56 Å². The summed E-state index contributed by atoms with van der Waals surface area (Å²) < 4.78 is 27.7. The van der Waals surface area contributed by atoms with E-state index >= 15 is 0 Å². The maximum atomic E-state index is 11.1. The van der Waals surface area contributed by atoms with E-state index in [4.69, 9.17) is 15.1 Å². The molecule has 0 atom stereocenters. The highest BCUT2D eigenvalue weighted by atomic mass is 32.2. The Balaban J connectivity index is 2.17. The van der Waals surface area contributed by atoms with Crippen molar-refractivity contribution in [3.05, 3.63) is 54.1 Å². The van der Waals surface area contributed by atoms with Gasteiger partial charge in [0.2, 0.25) is 10.0 Å². The highest BCUT2D eigenvalue weighted by Crippen LogP contribution is 2.22. The second-order valence-corrected chi connectivity index (χ2v) is 5.32. The van der Waals surface area contributed by atoms with Crippen LogP contribution in [0.5, 0.6) is 11.5 Å². The lowest BCUT2D eigenvalue weighted by Crippen LogP contribution is -2.11. The van der Waals surface area contributed by atoms with Gasteiger partial charge in [0.1, 0.15) is 11.5 Å². The molecule has 2 N–H and O–H groups in total. The van der Waals surface area contributed by atoms with Crippen molar-refractivity contribution in [2.45, 2.75) is 4.90 Å². The van der Waals surface area contributed by atoms with Gasteiger partial charge in [-0.05, 0) is 48.5 Å². The molecule has 0 aromatic heterocycles. The number of nitriles is 1. The third-order valence-electron chi connectivity index (χ3n) is 2.37. The van der Waals surface area contributed by atoms with Crippen LogP contribution in [0.25, 0.3) is 0 Å². The van der Waals surface area contributed by atoms with Crippen LogP contribution < -0.4 is 9.88 Å². The minimum absolute atomic E-state index is 0.0275. The van der Waals surface area contributed by atoms with Crippen molar-refractivity contribution in [3.63, 3.8) is 0 Å². The number of nitrogens with zero attached hydrogens (tertiary/aromatic N) is 1. The number of rotatable bonds is 3. The number of hydrogen-bond acceptors (Lipinski definition) is 4. The number of primary sulfonamides is 1. The number of sulfonamides is 1. The summed E-state index contributed by atoms with van der Waals surface area (Å²) in [6.07, 6.45) is 0. The summed E-state index contributed by atoms with van der Waals surface area (Å²) in [5.74, 6) is 1.04. The predicted octanol–water partition coefficient (Wildman–Crippen LogP) is 2.00. The van der Waals surface area contributed by atoms with Gasteiger partial charge in [-0.1, -0.05) is 0 Å². The van der Waals surface area contributed by atoms with E-state index in [1.165, 1.54) is 24.3 Å². The fourth-order valence-corrected chi connectivity index (χ4v) is 1.95. The fourth-order valence-electron chi connectivity index (χ4n) is 1.43. The number of nitrogens with two attached hydrogens (primary N) is 1. The van der Waals surface area contributed by atoms with Crippen LogP contribution in [0, 0.1) is 11.3 Å². The summed E-state index contributed by atoms with van der Waals surface area (Å²) >= 11 is 0. The minimum atomic E-state index is -3.69. The van der Waals surface area contributed by atoms with Crippen LogP contribution in [-0.4, -0.2) is 8.42 Å². The SMILES string of the molecule is N#Cc1ccc(Oc2ccc(S(N)(=O)=O)cc2)cc1. The highest BCUT2D eigenvalue weighted by molar-refractivity contribution is 7.89. The molecule has 19 heavy (non-hydrogen) atoms. The second-order valence-electron chi connectivity index (χ2n) is 3.75. The largest absolute Gasteiger partial charge is 0.457 e. The normalized spacial score (nSPS) is 10.7. The van der Waals surface area contributed by atoms with Gasteiger partial charge in [-0.2, -0.15) is 5.26 Å². The Morgan fingerprint density at radius 2 is 1.42 bits per heavy atom. The fraction of sp³-hybridized carbons (Fsp3) is 0. The number of ether oxygens (including phenoxy) is 1. The van der Waals surface area contributed by atoms with Crippen molar-refractivity contribution in [2.24, 2.45) is 5.14 Å². The number of benzene rings is 2. The molecule has 0 saturated carbocycles. The summed E-state index contributed by atoms with van der Waals surface area (Å²) in [6.45, 7) is 0. The lowest BCUT2D eigenvalue weighted by molar-refractivity contribution is 0.482. The molecule has 0 saturated heterocycles. The molecule has 0 heterocycles. The van der Waals surface area contributed by atoms with Crippen LogP contribution >= 0.6 is 0 Å². The van der Waals surface area contributed by atoms with Gasteiger partial charge in [-0.3, -0.25) is 0 Å². The van der Waals surface area contributed by atoms with Crippen LogP contribution in [0.15, 0.2) is 53.4 Å². The summed E-state index contributed by atoms with van der Waals surface area (Å²) in [4.78, 5) is 0.0275. The molecule has 0 fully saturated rings. The summed E-state index contributed by atoms with van der Waals surface area (Å²) in [7, 11) is -3.69. The third-order valence-corrected chi connectivity index (χ3v) is 3.30. The van der Waals surface area contributed by atoms with Gasteiger partial charge in [0.05, 0.1) is 16.5 Å². The molecule has 5 nitrogen and oxygen atoms in total. The first-order valence-corrected chi connectivity index (χ1v) is 6.84. The molecule has 0 spiro atoms. The smallest absolute Gasteiger partial charge is 0.238 e. The molecule has 6 heteroatoms. The monoisotopic (exact) mass is 274 g/mol. The van der Waals surface area contributed by atoms with Gasteiger partial charge < -0.3 is 4.74 Å². The molecular weight excluding hydrogens is 264 g/mol. The van der Waals surface area contributed by atoms with E-state index in [0.717, 1.165) is 0 Å². The maximum Gasteiger partial charge on any atom is 0.238 e. The Hall–Kier alpha value is -2.36. The topological polar surface area (TPSA) is 93.2 Å². The minimum Gasteiger partial charge on any atom is -0.457 e. The van der Waals surface area contributed by atoms with E-state index in [1.54, 1.807) is 24.3 Å². The third kappa shape index (κ3) is 3.31. The molecule has 2 rings (SSSR count). The first kappa shape index (κ1) is 13.1. The molecule has 0 radical (unpaired) electrons. The summed E-state index contributed by atoms with van der Waals surface area (Å²) in [5, 5.41) is 13.7. The van der Waals surface area contributed by atoms with Crippen LogP contribution in [-0.2, 0) is 10.0 Å². The zero-order chi connectivity index (χ0) is 13.9. The molecule has 2 aromatic rings. The second kappa shape index (κ2) is 5.10. The van der Waals surface area contributed by atoms with Crippen LogP contribution in [0.2, 0.25) is 0 Å². The maximum absolute atomic E-state index is 11.1. The summed E-state index contributed by atoms with van der Waals surface area (Å²) in [6, 6.07) is 14.4. The quantitative estimate of drug-likeness (QED) is 0.926. The van der Waals surface area contributed by atoms with Crippen LogP contribution in [0.3, 0.4) is 0 Å². The zero-order valence-corrected chi connectivity index (χ0v) is 10.6. The van der Waals surface area contributed by atoms with E-state index in [1.807, 2.05) is 6.07 Å². The Kier molecular flexibility index (Phi) is 3.51. The lowest BCUT2D eigenvalue weighted by atomic mass is 10.2. The van der Waals surface area contributed by atoms with Gasteiger partial charge in [-0.15, -0.1) is 0 Å². The molecule has 0 amide bonds. The van der Waals surface area contributed by atoms with Gasteiger partial charge in [0.25, 0.3) is 0 Å². The predicted molar refractivity (Wildman–Crippen MR) is 69.0 cm³/mol. The van der Waals surface area contributed by atoms with Crippen LogP contribution in [0.4, 0.5) is 0 Å². The Morgan fingerprint density at radius 3 is 1.84 bits per heavy atom. The lowest BCUT2D eigenvalue weighted by Gasteiger charge is -2.06. The van der Waals surface area contributed by atoms with Gasteiger partial charge in [0.15, 0.2) is 0 Å². The van der Waals surface area contributed by atoms with E-state index in [-0.39, 0.29) is 4.90 Å². The molecule has 2 aromatic carbocycles. The average Bonchev–Trinajstić information content (AvgIpc) is 2.39. The summed E-state index contributed by atoms with van der Waals surface area (Å²) in [5.41, 5.74) is 0.539. The number of hydrogen-bond donors (Lipinski definition) is 1. The van der Waals surface area contributed by atoms with Crippen molar-refractivity contribution in [1.82, 2.24) is 0 Å². The first-order chi connectivity index (χ1) is 8.99. The highest BCUT2D eigenvalue weighted by Gasteiger charge is 2.07. The Labute approximate surface area is 110 Å².